The molecule has 2 rings (SSSR count). The van der Waals surface area contributed by atoms with Gasteiger partial charge < -0.3 is 10.4 Å². The summed E-state index contributed by atoms with van der Waals surface area (Å²) in [6, 6.07) is 0.380. The second-order valence-electron chi connectivity index (χ2n) is 4.76. The molecule has 0 spiro atoms. The maximum atomic E-state index is 9.46. The largest absolute Gasteiger partial charge is 0.393 e. The molecule has 3 nitrogen and oxygen atoms in total. The fourth-order valence-corrected chi connectivity index (χ4v) is 3.23. The third-order valence-corrected chi connectivity index (χ3v) is 4.52. The van der Waals surface area contributed by atoms with Crippen LogP contribution in [0.15, 0.2) is 5.51 Å². The van der Waals surface area contributed by atoms with Crippen molar-refractivity contribution in [3.05, 3.63) is 16.1 Å². The van der Waals surface area contributed by atoms with Crippen molar-refractivity contribution in [2.45, 2.75) is 45.3 Å². The van der Waals surface area contributed by atoms with Gasteiger partial charge >= 0.3 is 0 Å². The lowest BCUT2D eigenvalue weighted by molar-refractivity contribution is 0.177. The molecular formula is C12H20N2OS. The van der Waals surface area contributed by atoms with E-state index in [1.165, 1.54) is 4.88 Å². The molecule has 0 amide bonds. The molecule has 16 heavy (non-hydrogen) atoms. The van der Waals surface area contributed by atoms with Gasteiger partial charge in [-0.25, -0.2) is 4.98 Å². The Bertz CT molecular complexity index is 340. The van der Waals surface area contributed by atoms with Crippen LogP contribution in [0.3, 0.4) is 0 Å². The van der Waals surface area contributed by atoms with Crippen LogP contribution in [0.1, 0.15) is 42.8 Å². The molecule has 0 bridgehead atoms. The summed E-state index contributed by atoms with van der Waals surface area (Å²) in [6.45, 7) is 5.25. The molecule has 0 aromatic carbocycles. The maximum Gasteiger partial charge on any atom is 0.0798 e. The van der Waals surface area contributed by atoms with Crippen LogP contribution in [0.4, 0.5) is 0 Å². The molecule has 3 unspecified atom stereocenters. The summed E-state index contributed by atoms with van der Waals surface area (Å²) in [5.41, 5.74) is 3.04. The van der Waals surface area contributed by atoms with Gasteiger partial charge in [0.1, 0.15) is 0 Å². The van der Waals surface area contributed by atoms with Crippen LogP contribution < -0.4 is 5.32 Å². The normalized spacial score (nSPS) is 27.2. The molecule has 1 saturated carbocycles. The Morgan fingerprint density at radius 2 is 2.44 bits per heavy atom. The predicted molar refractivity (Wildman–Crippen MR) is 66.6 cm³/mol. The molecule has 4 heteroatoms. The molecule has 1 fully saturated rings. The average Bonchev–Trinajstić information content (AvgIpc) is 2.84. The molecule has 3 atom stereocenters. The number of hydrogen-bond acceptors (Lipinski definition) is 4. The van der Waals surface area contributed by atoms with Crippen LogP contribution >= 0.6 is 11.3 Å². The lowest BCUT2D eigenvalue weighted by Crippen LogP contribution is -2.24. The summed E-state index contributed by atoms with van der Waals surface area (Å²) in [4.78, 5) is 5.60. The van der Waals surface area contributed by atoms with Crippen molar-refractivity contribution in [2.75, 3.05) is 6.54 Å². The van der Waals surface area contributed by atoms with Crippen molar-refractivity contribution in [2.24, 2.45) is 5.92 Å². The lowest BCUT2D eigenvalue weighted by Gasteiger charge is -2.16. The Labute approximate surface area is 101 Å². The summed E-state index contributed by atoms with van der Waals surface area (Å²) in [5.74, 6) is 0.644. The van der Waals surface area contributed by atoms with E-state index in [-0.39, 0.29) is 6.10 Å². The van der Waals surface area contributed by atoms with Gasteiger partial charge in [-0.3, -0.25) is 0 Å². The topological polar surface area (TPSA) is 45.2 Å². The van der Waals surface area contributed by atoms with Gasteiger partial charge in [0.05, 0.1) is 17.3 Å². The van der Waals surface area contributed by atoms with Gasteiger partial charge in [-0.2, -0.15) is 0 Å². The fraction of sp³-hybridized carbons (Fsp3) is 0.750. The van der Waals surface area contributed by atoms with Crippen molar-refractivity contribution in [3.63, 3.8) is 0 Å². The first kappa shape index (κ1) is 12.0. The highest BCUT2D eigenvalue weighted by Gasteiger charge is 2.23. The van der Waals surface area contributed by atoms with Gasteiger partial charge in [0, 0.05) is 10.9 Å². The molecule has 1 aromatic rings. The van der Waals surface area contributed by atoms with Gasteiger partial charge in [0.2, 0.25) is 0 Å². The zero-order chi connectivity index (χ0) is 11.5. The first-order valence-electron chi connectivity index (χ1n) is 5.98. The number of aliphatic hydroxyl groups excluding tert-OH is 1. The van der Waals surface area contributed by atoms with Crippen molar-refractivity contribution in [3.8, 4) is 0 Å². The van der Waals surface area contributed by atoms with E-state index in [2.05, 4.69) is 24.1 Å². The van der Waals surface area contributed by atoms with Crippen LogP contribution in [0.2, 0.25) is 0 Å². The summed E-state index contributed by atoms with van der Waals surface area (Å²) >= 11 is 1.72. The Morgan fingerprint density at radius 1 is 1.62 bits per heavy atom. The molecule has 1 aliphatic rings. The Hall–Kier alpha value is -0.450. The van der Waals surface area contributed by atoms with Crippen LogP contribution in [-0.2, 0) is 0 Å². The number of aryl methyl sites for hydroxylation is 1. The van der Waals surface area contributed by atoms with Gasteiger partial charge in [0.15, 0.2) is 0 Å². The first-order valence-corrected chi connectivity index (χ1v) is 6.86. The van der Waals surface area contributed by atoms with Gasteiger partial charge in [-0.15, -0.1) is 11.3 Å². The quantitative estimate of drug-likeness (QED) is 0.848. The Morgan fingerprint density at radius 3 is 3.00 bits per heavy atom. The molecule has 0 aliphatic heterocycles. The van der Waals surface area contributed by atoms with Gasteiger partial charge in [0.25, 0.3) is 0 Å². The molecular weight excluding hydrogens is 220 g/mol. The van der Waals surface area contributed by atoms with Crippen LogP contribution in [0, 0.1) is 12.8 Å². The predicted octanol–water partition coefficient (Wildman–Crippen LogP) is 2.26. The van der Waals surface area contributed by atoms with Crippen molar-refractivity contribution >= 4 is 11.3 Å². The molecule has 1 aliphatic carbocycles. The second-order valence-corrected chi connectivity index (χ2v) is 5.65. The number of nitrogens with one attached hydrogen (secondary N) is 1. The third kappa shape index (κ3) is 2.81. The minimum absolute atomic E-state index is 0.0627. The Balaban J connectivity index is 1.80. The Kier molecular flexibility index (Phi) is 3.95. The molecule has 0 saturated heterocycles. The molecule has 1 aromatic heterocycles. The highest BCUT2D eigenvalue weighted by Crippen LogP contribution is 2.26. The fourth-order valence-electron chi connectivity index (χ4n) is 2.40. The minimum atomic E-state index is -0.0627. The highest BCUT2D eigenvalue weighted by atomic mass is 32.1. The van der Waals surface area contributed by atoms with E-state index >= 15 is 0 Å². The highest BCUT2D eigenvalue weighted by molar-refractivity contribution is 7.09. The monoisotopic (exact) mass is 240 g/mol. The molecule has 90 valence electrons. The second kappa shape index (κ2) is 5.25. The van der Waals surface area contributed by atoms with Crippen LogP contribution in [-0.4, -0.2) is 22.7 Å². The standard InChI is InChI=1S/C12H20N2OS/c1-8(12-9(2)14-7-16-12)13-6-10-3-4-11(15)5-10/h7-8,10-11,13,15H,3-6H2,1-2H3. The van der Waals surface area contributed by atoms with Gasteiger partial charge in [-0.05, 0) is 45.6 Å². The third-order valence-electron chi connectivity index (χ3n) is 3.40. The van der Waals surface area contributed by atoms with Crippen LogP contribution in [0.25, 0.3) is 0 Å². The molecule has 0 radical (unpaired) electrons. The number of aromatic nitrogens is 1. The van der Waals surface area contributed by atoms with E-state index in [0.29, 0.717) is 12.0 Å². The van der Waals surface area contributed by atoms with E-state index in [0.717, 1.165) is 31.5 Å². The lowest BCUT2D eigenvalue weighted by atomic mass is 10.1. The first-order chi connectivity index (χ1) is 7.66. The summed E-state index contributed by atoms with van der Waals surface area (Å²) < 4.78 is 0. The number of rotatable bonds is 4. The van der Waals surface area contributed by atoms with Crippen molar-refractivity contribution in [1.82, 2.24) is 10.3 Å². The summed E-state index contributed by atoms with van der Waals surface area (Å²) in [5, 5.41) is 13.0. The zero-order valence-corrected chi connectivity index (χ0v) is 10.8. The summed E-state index contributed by atoms with van der Waals surface area (Å²) in [7, 11) is 0. The minimum Gasteiger partial charge on any atom is -0.393 e. The number of thiazole rings is 1. The number of hydrogen-bond donors (Lipinski definition) is 2. The maximum absolute atomic E-state index is 9.46. The SMILES string of the molecule is Cc1ncsc1C(C)NCC1CCC(O)C1. The number of aliphatic hydroxyl groups is 1. The van der Waals surface area contributed by atoms with Crippen molar-refractivity contribution in [1.29, 1.82) is 0 Å². The smallest absolute Gasteiger partial charge is 0.0798 e. The van der Waals surface area contributed by atoms with Crippen molar-refractivity contribution < 1.29 is 5.11 Å². The average molecular weight is 240 g/mol. The number of nitrogens with zero attached hydrogens (tertiary/aromatic N) is 1. The molecule has 1 heterocycles. The molecule has 2 N–H and O–H groups in total. The van der Waals surface area contributed by atoms with E-state index in [1.807, 2.05) is 5.51 Å². The van der Waals surface area contributed by atoms with E-state index < -0.39 is 0 Å². The zero-order valence-electron chi connectivity index (χ0n) is 9.94. The van der Waals surface area contributed by atoms with Crippen LogP contribution in [0.5, 0.6) is 0 Å². The summed E-state index contributed by atoms with van der Waals surface area (Å²) in [6.07, 6.45) is 3.02. The van der Waals surface area contributed by atoms with E-state index in [4.69, 9.17) is 0 Å². The van der Waals surface area contributed by atoms with E-state index in [1.54, 1.807) is 11.3 Å². The van der Waals surface area contributed by atoms with E-state index in [9.17, 15) is 5.11 Å². The van der Waals surface area contributed by atoms with Gasteiger partial charge in [-0.1, -0.05) is 0 Å².